The molecule has 2 aromatic rings. The van der Waals surface area contributed by atoms with Crippen LogP contribution in [0.3, 0.4) is 0 Å². The van der Waals surface area contributed by atoms with E-state index in [0.29, 0.717) is 0 Å². The number of carboxylic acids is 1. The van der Waals surface area contributed by atoms with Crippen LogP contribution in [-0.4, -0.2) is 49.4 Å². The van der Waals surface area contributed by atoms with E-state index in [2.05, 4.69) is 14.1 Å². The van der Waals surface area contributed by atoms with Crippen molar-refractivity contribution in [3.63, 3.8) is 0 Å². The summed E-state index contributed by atoms with van der Waals surface area (Å²) in [5.74, 6) is -1.87. The van der Waals surface area contributed by atoms with Crippen molar-refractivity contribution >= 4 is 40.3 Å². The minimum atomic E-state index is -1.45. The van der Waals surface area contributed by atoms with Gasteiger partial charge in [0, 0.05) is 37.7 Å². The second-order valence-corrected chi connectivity index (χ2v) is 5.87. The van der Waals surface area contributed by atoms with E-state index in [0.717, 1.165) is 17.8 Å². The van der Waals surface area contributed by atoms with Gasteiger partial charge in [-0.1, -0.05) is 0 Å². The minimum Gasteiger partial charge on any atom is -0.480 e. The zero-order valence-corrected chi connectivity index (χ0v) is 13.0. The van der Waals surface area contributed by atoms with Gasteiger partial charge in [-0.05, 0) is 6.07 Å². The fourth-order valence-corrected chi connectivity index (χ4v) is 3.08. The Labute approximate surface area is 138 Å². The summed E-state index contributed by atoms with van der Waals surface area (Å²) in [5.41, 5.74) is -1.51. The smallest absolute Gasteiger partial charge is 0.329 e. The number of carbonyl (C=O) groups is 2. The predicted molar refractivity (Wildman–Crippen MR) is 82.0 cm³/mol. The van der Waals surface area contributed by atoms with E-state index < -0.39 is 22.3 Å². The van der Waals surface area contributed by atoms with Crippen molar-refractivity contribution < 1.29 is 24.4 Å². The number of benzene rings is 1. The van der Waals surface area contributed by atoms with Crippen molar-refractivity contribution in [3.8, 4) is 0 Å². The molecule has 126 valence electrons. The summed E-state index contributed by atoms with van der Waals surface area (Å²) < 4.78 is 12.9. The molecule has 2 N–H and O–H groups in total. The Bertz CT molecular complexity index is 829. The Kier molecular flexibility index (Phi) is 4.11. The Hall–Kier alpha value is -2.66. The van der Waals surface area contributed by atoms with Gasteiger partial charge in [-0.2, -0.15) is 8.75 Å². The number of fused-ring (bicyclic) bond motifs is 1. The summed E-state index contributed by atoms with van der Waals surface area (Å²) in [6.07, 6.45) is 0.243. The molecule has 0 saturated carbocycles. The van der Waals surface area contributed by atoms with Crippen LogP contribution in [0.2, 0.25) is 0 Å². The van der Waals surface area contributed by atoms with Gasteiger partial charge in [0.15, 0.2) is 5.52 Å². The normalized spacial score (nSPS) is 16.7. The molecular formula is C13H12N4O6S. The Morgan fingerprint density at radius 2 is 2.04 bits per heavy atom. The zero-order chi connectivity index (χ0) is 17.3. The number of rotatable bonds is 4. The average Bonchev–Trinajstić information content (AvgIpc) is 3.02. The van der Waals surface area contributed by atoms with Crippen molar-refractivity contribution in [1.82, 2.24) is 14.1 Å². The molecule has 2 heterocycles. The molecule has 24 heavy (non-hydrogen) atoms. The van der Waals surface area contributed by atoms with Gasteiger partial charge < -0.3 is 15.2 Å². The number of nitro groups is 1. The number of ether oxygens (including phenoxy) is 1. The summed E-state index contributed by atoms with van der Waals surface area (Å²) in [6.45, 7) is 0.420. The predicted octanol–water partition coefficient (Wildman–Crippen LogP) is 0.963. The van der Waals surface area contributed by atoms with Crippen LogP contribution in [0.15, 0.2) is 12.1 Å². The van der Waals surface area contributed by atoms with Gasteiger partial charge in [0.25, 0.3) is 11.6 Å². The lowest BCUT2D eigenvalue weighted by Crippen LogP contribution is -2.57. The average molecular weight is 352 g/mol. The van der Waals surface area contributed by atoms with Crippen LogP contribution in [-0.2, 0) is 9.53 Å². The molecule has 0 radical (unpaired) electrons. The Balaban J connectivity index is 1.96. The largest absolute Gasteiger partial charge is 0.480 e. The number of aromatic nitrogens is 2. The number of nitrogens with zero attached hydrogens (tertiary/aromatic N) is 3. The molecule has 3 rings (SSSR count). The first kappa shape index (κ1) is 16.2. The van der Waals surface area contributed by atoms with Gasteiger partial charge in [-0.25, -0.2) is 4.79 Å². The number of nitro benzene ring substituents is 1. The number of aliphatic carboxylic acids is 1. The van der Waals surface area contributed by atoms with E-state index in [1.54, 1.807) is 0 Å². The number of nitrogens with one attached hydrogen (secondary N) is 1. The van der Waals surface area contributed by atoms with E-state index in [9.17, 15) is 24.8 Å². The van der Waals surface area contributed by atoms with E-state index in [1.807, 2.05) is 0 Å². The van der Waals surface area contributed by atoms with Gasteiger partial charge in [0.2, 0.25) is 0 Å². The van der Waals surface area contributed by atoms with Crippen LogP contribution < -0.4 is 5.32 Å². The summed E-state index contributed by atoms with van der Waals surface area (Å²) in [5, 5.41) is 23.1. The molecule has 0 aliphatic carbocycles. The summed E-state index contributed by atoms with van der Waals surface area (Å²) in [4.78, 5) is 34.6. The number of hydrogen-bond acceptors (Lipinski definition) is 8. The molecule has 1 aliphatic rings. The molecule has 0 spiro atoms. The first-order valence-electron chi connectivity index (χ1n) is 6.97. The lowest BCUT2D eigenvalue weighted by atomic mass is 9.89. The number of non-ortho nitro benzene ring substituents is 1. The molecule has 1 aliphatic heterocycles. The molecule has 1 amide bonds. The Morgan fingerprint density at radius 3 is 2.67 bits per heavy atom. The molecule has 1 aromatic heterocycles. The third-order valence-corrected chi connectivity index (χ3v) is 4.45. The molecule has 0 unspecified atom stereocenters. The molecule has 1 saturated heterocycles. The Morgan fingerprint density at radius 1 is 1.33 bits per heavy atom. The second-order valence-electron chi connectivity index (χ2n) is 5.34. The standard InChI is InChI=1S/C13H12N4O6S/c18-11(14-13(12(19)20)1-3-23-4-2-13)7-5-8-10(16-24-15-8)9(6-7)17(21)22/h5-6H,1-4H2,(H,14,18)(H,19,20). The highest BCUT2D eigenvalue weighted by atomic mass is 32.1. The van der Waals surface area contributed by atoms with Gasteiger partial charge in [-0.15, -0.1) is 0 Å². The van der Waals surface area contributed by atoms with Crippen LogP contribution in [0.1, 0.15) is 23.2 Å². The van der Waals surface area contributed by atoms with Crippen molar-refractivity contribution in [1.29, 1.82) is 0 Å². The van der Waals surface area contributed by atoms with Gasteiger partial charge in [0.05, 0.1) is 16.7 Å². The van der Waals surface area contributed by atoms with Crippen LogP contribution in [0.5, 0.6) is 0 Å². The third kappa shape index (κ3) is 2.78. The zero-order valence-electron chi connectivity index (χ0n) is 12.2. The van der Waals surface area contributed by atoms with E-state index in [4.69, 9.17) is 4.74 Å². The number of carbonyl (C=O) groups excluding carboxylic acids is 1. The number of hydrogen-bond donors (Lipinski definition) is 2. The third-order valence-electron chi connectivity index (χ3n) is 3.91. The lowest BCUT2D eigenvalue weighted by Gasteiger charge is -2.33. The molecular weight excluding hydrogens is 340 g/mol. The van der Waals surface area contributed by atoms with Crippen LogP contribution in [0.25, 0.3) is 11.0 Å². The molecule has 0 atom stereocenters. The monoisotopic (exact) mass is 352 g/mol. The molecule has 1 fully saturated rings. The first-order chi connectivity index (χ1) is 11.4. The van der Waals surface area contributed by atoms with Crippen LogP contribution in [0, 0.1) is 10.1 Å². The summed E-state index contributed by atoms with van der Waals surface area (Å²) in [6, 6.07) is 2.43. The number of amides is 1. The second kappa shape index (κ2) is 6.09. The molecule has 11 heteroatoms. The topological polar surface area (TPSA) is 145 Å². The molecule has 10 nitrogen and oxygen atoms in total. The summed E-state index contributed by atoms with van der Waals surface area (Å²) >= 11 is 0.798. The highest BCUT2D eigenvalue weighted by Crippen LogP contribution is 2.27. The van der Waals surface area contributed by atoms with Crippen LogP contribution >= 0.6 is 11.7 Å². The van der Waals surface area contributed by atoms with Crippen molar-refractivity contribution in [3.05, 3.63) is 27.8 Å². The minimum absolute atomic E-state index is 0.0333. The van der Waals surface area contributed by atoms with Gasteiger partial charge in [0.1, 0.15) is 11.1 Å². The van der Waals surface area contributed by atoms with E-state index in [1.165, 1.54) is 6.07 Å². The van der Waals surface area contributed by atoms with Gasteiger partial charge in [-0.3, -0.25) is 14.9 Å². The van der Waals surface area contributed by atoms with E-state index >= 15 is 0 Å². The maximum atomic E-state index is 12.5. The quantitative estimate of drug-likeness (QED) is 0.611. The van der Waals surface area contributed by atoms with Crippen LogP contribution in [0.4, 0.5) is 5.69 Å². The van der Waals surface area contributed by atoms with E-state index in [-0.39, 0.29) is 48.3 Å². The van der Waals surface area contributed by atoms with Crippen molar-refractivity contribution in [2.24, 2.45) is 0 Å². The van der Waals surface area contributed by atoms with Crippen molar-refractivity contribution in [2.75, 3.05) is 13.2 Å². The highest BCUT2D eigenvalue weighted by molar-refractivity contribution is 7.00. The first-order valence-corrected chi connectivity index (χ1v) is 7.70. The maximum Gasteiger partial charge on any atom is 0.329 e. The highest BCUT2D eigenvalue weighted by Gasteiger charge is 2.42. The van der Waals surface area contributed by atoms with Crippen molar-refractivity contribution in [2.45, 2.75) is 18.4 Å². The summed E-state index contributed by atoms with van der Waals surface area (Å²) in [7, 11) is 0. The van der Waals surface area contributed by atoms with Gasteiger partial charge >= 0.3 is 5.97 Å². The lowest BCUT2D eigenvalue weighted by molar-refractivity contribution is -0.383. The fraction of sp³-hybridized carbons (Fsp3) is 0.385. The maximum absolute atomic E-state index is 12.5. The molecule has 1 aromatic carbocycles. The number of carboxylic acid groups (broad SMARTS) is 1. The molecule has 0 bridgehead atoms. The SMILES string of the molecule is O=C(NC1(C(=O)O)CCOCC1)c1cc([N+](=O)[O-])c2nsnc2c1. The fourth-order valence-electron chi connectivity index (χ4n) is 2.54.